The lowest BCUT2D eigenvalue weighted by Gasteiger charge is -2.19. The van der Waals surface area contributed by atoms with Crippen LogP contribution in [0.4, 0.5) is 22.0 Å². The van der Waals surface area contributed by atoms with E-state index in [4.69, 9.17) is 4.74 Å². The van der Waals surface area contributed by atoms with Crippen molar-refractivity contribution in [2.24, 2.45) is 7.05 Å². The Morgan fingerprint density at radius 2 is 1.81 bits per heavy atom. The first kappa shape index (κ1) is 29.0. The Morgan fingerprint density at radius 1 is 1.07 bits per heavy atom. The highest BCUT2D eigenvalue weighted by Gasteiger charge is 2.33. The summed E-state index contributed by atoms with van der Waals surface area (Å²) in [6, 6.07) is 7.42. The maximum Gasteiger partial charge on any atom is 0.390 e. The lowest BCUT2D eigenvalue weighted by atomic mass is 10.0. The van der Waals surface area contributed by atoms with Crippen molar-refractivity contribution in [3.05, 3.63) is 96.2 Å². The van der Waals surface area contributed by atoms with E-state index < -0.39 is 60.1 Å². The van der Waals surface area contributed by atoms with Gasteiger partial charge in [0.1, 0.15) is 5.56 Å². The van der Waals surface area contributed by atoms with Crippen LogP contribution < -0.4 is 16.9 Å². The highest BCUT2D eigenvalue weighted by molar-refractivity contribution is 5.88. The van der Waals surface area contributed by atoms with Crippen molar-refractivity contribution in [3.8, 4) is 5.69 Å². The number of esters is 1. The maximum absolute atomic E-state index is 13.9. The number of fused-ring (bicyclic) bond motifs is 2. The Labute approximate surface area is 234 Å². The Bertz CT molecular complexity index is 1880. The van der Waals surface area contributed by atoms with Gasteiger partial charge >= 0.3 is 23.5 Å². The van der Waals surface area contributed by atoms with Gasteiger partial charge in [0.15, 0.2) is 0 Å². The number of imidazole rings is 1. The van der Waals surface area contributed by atoms with Crippen molar-refractivity contribution in [3.63, 3.8) is 0 Å². The van der Waals surface area contributed by atoms with E-state index in [1.54, 1.807) is 6.07 Å². The van der Waals surface area contributed by atoms with Crippen LogP contribution in [0.5, 0.6) is 0 Å². The molecule has 0 fully saturated rings. The number of ether oxygens (including phenoxy) is 1. The molecule has 14 heteroatoms. The molecule has 9 nitrogen and oxygen atoms in total. The molecule has 1 atom stereocenters. The largest absolute Gasteiger partial charge is 0.462 e. The normalized spacial score (nSPS) is 15.0. The topological polar surface area (TPSA) is 97.2 Å². The first-order valence-electron chi connectivity index (χ1n) is 13.1. The third-order valence-corrected chi connectivity index (χ3v) is 7.46. The van der Waals surface area contributed by atoms with E-state index >= 15 is 0 Å². The molecular weight excluding hydrogens is 567 g/mol. The van der Waals surface area contributed by atoms with Gasteiger partial charge < -0.3 is 4.74 Å². The van der Waals surface area contributed by atoms with Gasteiger partial charge in [-0.3, -0.25) is 23.1 Å². The summed E-state index contributed by atoms with van der Waals surface area (Å²) in [6.07, 6.45) is -7.29. The molecule has 2 aromatic carbocycles. The minimum Gasteiger partial charge on any atom is -0.462 e. The van der Waals surface area contributed by atoms with Gasteiger partial charge in [0, 0.05) is 25.4 Å². The Balaban J connectivity index is 1.74. The molecule has 0 saturated carbocycles. The predicted molar refractivity (Wildman–Crippen MR) is 142 cm³/mol. The third kappa shape index (κ3) is 4.94. The molecule has 42 heavy (non-hydrogen) atoms. The zero-order valence-corrected chi connectivity index (χ0v) is 22.5. The fraction of sp³-hybridized carbons (Fsp3) is 0.357. The summed E-state index contributed by atoms with van der Waals surface area (Å²) in [4.78, 5) is 53.0. The summed E-state index contributed by atoms with van der Waals surface area (Å²) in [5.41, 5.74) is -2.19. The van der Waals surface area contributed by atoms with Gasteiger partial charge in [0.05, 0.1) is 35.8 Å². The average Bonchev–Trinajstić information content (AvgIpc) is 3.45. The Hall–Kier alpha value is -4.49. The van der Waals surface area contributed by atoms with Gasteiger partial charge in [-0.2, -0.15) is 13.2 Å². The minimum absolute atomic E-state index is 0.0534. The molecule has 5 rings (SSSR count). The molecule has 1 unspecified atom stereocenters. The van der Waals surface area contributed by atoms with Crippen molar-refractivity contribution in [2.45, 2.75) is 51.4 Å². The molecule has 0 radical (unpaired) electrons. The molecule has 2 aromatic heterocycles. The summed E-state index contributed by atoms with van der Waals surface area (Å²) in [6.45, 7) is 0.773. The molecule has 0 saturated heterocycles. The lowest BCUT2D eigenvalue weighted by Crippen LogP contribution is -2.44. The van der Waals surface area contributed by atoms with Gasteiger partial charge in [-0.25, -0.2) is 23.2 Å². The summed E-state index contributed by atoms with van der Waals surface area (Å²) in [7, 11) is 1.39. The van der Waals surface area contributed by atoms with Crippen LogP contribution in [0, 0.1) is 0 Å². The summed E-state index contributed by atoms with van der Waals surface area (Å²) in [5.74, 6) is -1.02. The van der Waals surface area contributed by atoms with Crippen LogP contribution in [-0.2, 0) is 24.8 Å². The van der Waals surface area contributed by atoms with Crippen molar-refractivity contribution >= 4 is 17.0 Å². The van der Waals surface area contributed by atoms with Gasteiger partial charge in [0.25, 0.3) is 12.0 Å². The van der Waals surface area contributed by atoms with Crippen LogP contribution in [0.3, 0.4) is 0 Å². The number of halogens is 5. The number of rotatable bonds is 7. The Morgan fingerprint density at radius 3 is 2.48 bits per heavy atom. The van der Waals surface area contributed by atoms with Crippen molar-refractivity contribution < 1.29 is 31.5 Å². The van der Waals surface area contributed by atoms with E-state index in [0.717, 1.165) is 19.9 Å². The second-order valence-electron chi connectivity index (χ2n) is 9.89. The lowest BCUT2D eigenvalue weighted by molar-refractivity contribution is -0.136. The molecule has 0 amide bonds. The van der Waals surface area contributed by atoms with Crippen LogP contribution >= 0.6 is 0 Å². The molecule has 0 spiro atoms. The zero-order valence-electron chi connectivity index (χ0n) is 22.5. The van der Waals surface area contributed by atoms with Crippen LogP contribution in [0.25, 0.3) is 16.7 Å². The number of benzene rings is 2. The van der Waals surface area contributed by atoms with Crippen molar-refractivity contribution in [2.75, 3.05) is 6.61 Å². The zero-order chi connectivity index (χ0) is 30.5. The van der Waals surface area contributed by atoms with Gasteiger partial charge in [0.2, 0.25) is 0 Å². The van der Waals surface area contributed by atoms with Crippen molar-refractivity contribution in [1.82, 2.24) is 18.3 Å². The quantitative estimate of drug-likeness (QED) is 0.236. The minimum atomic E-state index is -4.53. The van der Waals surface area contributed by atoms with Crippen LogP contribution in [0.15, 0.2) is 57.0 Å². The van der Waals surface area contributed by atoms with Gasteiger partial charge in [-0.05, 0) is 49.1 Å². The number of hydrogen-bond acceptors (Lipinski definition) is 5. The van der Waals surface area contributed by atoms with E-state index in [9.17, 15) is 41.1 Å². The van der Waals surface area contributed by atoms with E-state index in [0.29, 0.717) is 16.6 Å². The number of alkyl halides is 5. The summed E-state index contributed by atoms with van der Waals surface area (Å²) in [5, 5.41) is 0. The standard InChI is InChI=1S/C28H25F5N4O5/c1-3-42-25(39)19-14-36(15-7-9-21-22(13-15)35(26(40)34(21)2)12-11-28(31,32)33)27(41)37(24(19)38)20-10-8-16-17(20)5-4-6-18(16)23(29)30/h4-7,9,13-14,20,23H,3,8,10-12H2,1-2H3. The number of aryl methyl sites for hydroxylation is 2. The summed E-state index contributed by atoms with van der Waals surface area (Å²) < 4.78 is 75.2. The molecule has 222 valence electrons. The van der Waals surface area contributed by atoms with E-state index in [1.165, 1.54) is 48.9 Å². The molecule has 4 aromatic rings. The maximum atomic E-state index is 13.9. The molecule has 1 aliphatic rings. The molecule has 1 aliphatic carbocycles. The highest BCUT2D eigenvalue weighted by Crippen LogP contribution is 2.38. The second kappa shape index (κ2) is 10.7. The molecule has 2 heterocycles. The molecule has 0 N–H and O–H groups in total. The highest BCUT2D eigenvalue weighted by atomic mass is 19.4. The molecule has 0 bridgehead atoms. The van der Waals surface area contributed by atoms with Crippen molar-refractivity contribution in [1.29, 1.82) is 0 Å². The van der Waals surface area contributed by atoms with Crippen LogP contribution in [0.2, 0.25) is 0 Å². The Kier molecular flexibility index (Phi) is 7.41. The van der Waals surface area contributed by atoms with E-state index in [2.05, 4.69) is 0 Å². The fourth-order valence-electron chi connectivity index (χ4n) is 5.52. The first-order chi connectivity index (χ1) is 19.8. The van der Waals surface area contributed by atoms with Gasteiger partial charge in [-0.1, -0.05) is 18.2 Å². The van der Waals surface area contributed by atoms with E-state index in [-0.39, 0.29) is 36.2 Å². The number of aromatic nitrogens is 4. The van der Waals surface area contributed by atoms with Gasteiger partial charge in [-0.15, -0.1) is 0 Å². The smallest absolute Gasteiger partial charge is 0.390 e. The van der Waals surface area contributed by atoms with Crippen LogP contribution in [-0.4, -0.2) is 37.0 Å². The SMILES string of the molecule is CCOC(=O)c1cn(-c2ccc3c(c2)n(CCC(F)(F)F)c(=O)n3C)c(=O)n(C2CCc3c(C(F)F)cccc32)c1=O. The number of hydrogen-bond donors (Lipinski definition) is 0. The predicted octanol–water partition coefficient (Wildman–Crippen LogP) is 4.25. The fourth-order valence-corrected chi connectivity index (χ4v) is 5.52. The monoisotopic (exact) mass is 592 g/mol. The van der Waals surface area contributed by atoms with Crippen LogP contribution in [0.1, 0.15) is 59.3 Å². The van der Waals surface area contributed by atoms with E-state index in [1.807, 2.05) is 0 Å². The molecular formula is C28H25F5N4O5. The third-order valence-electron chi connectivity index (χ3n) is 7.46. The average molecular weight is 593 g/mol. The second-order valence-corrected chi connectivity index (χ2v) is 9.89. The number of nitrogens with zero attached hydrogens (tertiary/aromatic N) is 4. The molecule has 0 aliphatic heterocycles. The first-order valence-corrected chi connectivity index (χ1v) is 13.1. The summed E-state index contributed by atoms with van der Waals surface area (Å²) >= 11 is 0. The number of carbonyl (C=O) groups excluding carboxylic acids is 1. The number of carbonyl (C=O) groups is 1.